The first kappa shape index (κ1) is 13.1. The van der Waals surface area contributed by atoms with Gasteiger partial charge >= 0.3 is 0 Å². The monoisotopic (exact) mass is 248 g/mol. The van der Waals surface area contributed by atoms with E-state index in [1.165, 1.54) is 0 Å². The van der Waals surface area contributed by atoms with Gasteiger partial charge in [-0.25, -0.2) is 8.42 Å². The van der Waals surface area contributed by atoms with Gasteiger partial charge in [-0.2, -0.15) is 4.31 Å². The molecule has 7 heteroatoms. The molecule has 16 heavy (non-hydrogen) atoms. The van der Waals surface area contributed by atoms with E-state index in [0.29, 0.717) is 6.42 Å². The van der Waals surface area contributed by atoms with E-state index < -0.39 is 21.8 Å². The predicted molar refractivity (Wildman–Crippen MR) is 58.0 cm³/mol. The van der Waals surface area contributed by atoms with Crippen molar-refractivity contribution in [2.75, 3.05) is 18.8 Å². The summed E-state index contributed by atoms with van der Waals surface area (Å²) < 4.78 is 24.5. The molecule has 0 saturated carbocycles. The average Bonchev–Trinajstić information content (AvgIpc) is 2.13. The quantitative estimate of drug-likeness (QED) is 0.668. The molecular weight excluding hydrogens is 232 g/mol. The summed E-state index contributed by atoms with van der Waals surface area (Å²) in [6.45, 7) is 3.32. The number of nitrogens with zero attached hydrogens (tertiary/aromatic N) is 1. The van der Waals surface area contributed by atoms with Gasteiger partial charge in [-0.05, 0) is 12.3 Å². The highest BCUT2D eigenvalue weighted by Crippen LogP contribution is 2.09. The third kappa shape index (κ3) is 3.57. The molecule has 0 radical (unpaired) electrons. The maximum absolute atomic E-state index is 11.8. The number of nitrogens with one attached hydrogen (secondary N) is 1. The molecule has 1 fully saturated rings. The van der Waals surface area contributed by atoms with Crippen LogP contribution in [0.1, 0.15) is 20.3 Å². The van der Waals surface area contributed by atoms with E-state index in [1.807, 2.05) is 13.8 Å². The van der Waals surface area contributed by atoms with E-state index in [1.54, 1.807) is 0 Å². The molecule has 1 rings (SSSR count). The van der Waals surface area contributed by atoms with Crippen LogP contribution >= 0.6 is 0 Å². The highest BCUT2D eigenvalue weighted by molar-refractivity contribution is 7.89. The number of carbonyl (C=O) groups is 2. The summed E-state index contributed by atoms with van der Waals surface area (Å²) >= 11 is 0. The van der Waals surface area contributed by atoms with Crippen LogP contribution in [0.15, 0.2) is 0 Å². The predicted octanol–water partition coefficient (Wildman–Crippen LogP) is -0.679. The number of hydrogen-bond acceptors (Lipinski definition) is 4. The molecule has 0 aromatic heterocycles. The van der Waals surface area contributed by atoms with Crippen molar-refractivity contribution in [1.29, 1.82) is 0 Å². The first-order chi connectivity index (χ1) is 7.31. The van der Waals surface area contributed by atoms with Gasteiger partial charge in [-0.3, -0.25) is 14.9 Å². The molecule has 6 nitrogen and oxygen atoms in total. The maximum atomic E-state index is 11.8. The molecule has 1 saturated heterocycles. The van der Waals surface area contributed by atoms with Gasteiger partial charge in [0, 0.05) is 0 Å². The van der Waals surface area contributed by atoms with Gasteiger partial charge in [0.05, 0.1) is 18.8 Å². The molecule has 0 atom stereocenters. The molecular formula is C9H16N2O4S. The first-order valence-electron chi connectivity index (χ1n) is 5.12. The number of sulfonamides is 1. The lowest BCUT2D eigenvalue weighted by Crippen LogP contribution is -2.53. The van der Waals surface area contributed by atoms with Crippen molar-refractivity contribution < 1.29 is 18.0 Å². The molecule has 0 aromatic rings. The van der Waals surface area contributed by atoms with E-state index in [2.05, 4.69) is 5.32 Å². The fourth-order valence-corrected chi connectivity index (χ4v) is 2.98. The van der Waals surface area contributed by atoms with Crippen LogP contribution in [-0.4, -0.2) is 43.4 Å². The minimum absolute atomic E-state index is 0.0226. The fourth-order valence-electron chi connectivity index (χ4n) is 1.32. The molecule has 1 N–H and O–H groups in total. The Balaban J connectivity index is 2.68. The zero-order chi connectivity index (χ0) is 12.3. The van der Waals surface area contributed by atoms with Crippen LogP contribution in [0.3, 0.4) is 0 Å². The number of rotatable bonds is 4. The Morgan fingerprint density at radius 3 is 2.19 bits per heavy atom. The molecule has 0 aliphatic carbocycles. The third-order valence-electron chi connectivity index (χ3n) is 2.27. The summed E-state index contributed by atoms with van der Waals surface area (Å²) in [4.78, 5) is 22.1. The van der Waals surface area contributed by atoms with Gasteiger partial charge in [0.1, 0.15) is 0 Å². The van der Waals surface area contributed by atoms with Crippen molar-refractivity contribution >= 4 is 21.8 Å². The number of hydrogen-bond donors (Lipinski definition) is 1. The van der Waals surface area contributed by atoms with Crippen LogP contribution in [0.2, 0.25) is 0 Å². The highest BCUT2D eigenvalue weighted by Gasteiger charge is 2.31. The number of piperazine rings is 1. The van der Waals surface area contributed by atoms with Crippen molar-refractivity contribution in [3.63, 3.8) is 0 Å². The Labute approximate surface area is 95.0 Å². The second-order valence-electron chi connectivity index (χ2n) is 4.24. The summed E-state index contributed by atoms with van der Waals surface area (Å²) in [6, 6.07) is 0. The smallest absolute Gasteiger partial charge is 0.241 e. The number of carbonyl (C=O) groups excluding carboxylic acids is 2. The van der Waals surface area contributed by atoms with Crippen molar-refractivity contribution in [3.8, 4) is 0 Å². The van der Waals surface area contributed by atoms with Gasteiger partial charge in [0.25, 0.3) is 0 Å². The normalized spacial score (nSPS) is 18.9. The van der Waals surface area contributed by atoms with Crippen LogP contribution in [0, 0.1) is 5.92 Å². The zero-order valence-electron chi connectivity index (χ0n) is 9.39. The lowest BCUT2D eigenvalue weighted by atomic mass is 10.2. The molecule has 2 amide bonds. The van der Waals surface area contributed by atoms with Gasteiger partial charge in [0.2, 0.25) is 21.8 Å². The SMILES string of the molecule is CC(C)CCS(=O)(=O)N1CC(=O)NC(=O)C1. The highest BCUT2D eigenvalue weighted by atomic mass is 32.2. The lowest BCUT2D eigenvalue weighted by Gasteiger charge is -2.24. The molecule has 0 aromatic carbocycles. The first-order valence-corrected chi connectivity index (χ1v) is 6.72. The van der Waals surface area contributed by atoms with Crippen LogP contribution < -0.4 is 5.32 Å². The van der Waals surface area contributed by atoms with Crippen LogP contribution in [0.5, 0.6) is 0 Å². The maximum Gasteiger partial charge on any atom is 0.241 e. The molecule has 1 aliphatic rings. The Bertz CT molecular complexity index is 372. The third-order valence-corrected chi connectivity index (χ3v) is 4.06. The second-order valence-corrected chi connectivity index (χ2v) is 6.33. The van der Waals surface area contributed by atoms with Crippen molar-refractivity contribution in [3.05, 3.63) is 0 Å². The Kier molecular flexibility index (Phi) is 4.03. The zero-order valence-corrected chi connectivity index (χ0v) is 10.2. The fraction of sp³-hybridized carbons (Fsp3) is 0.778. The summed E-state index contributed by atoms with van der Waals surface area (Å²) in [6.07, 6.45) is 0.522. The van der Waals surface area contributed by atoms with Gasteiger partial charge in [0.15, 0.2) is 0 Å². The molecule has 0 unspecified atom stereocenters. The van der Waals surface area contributed by atoms with Crippen molar-refractivity contribution in [2.45, 2.75) is 20.3 Å². The van der Waals surface area contributed by atoms with Crippen LogP contribution in [0.25, 0.3) is 0 Å². The Morgan fingerprint density at radius 1 is 1.25 bits per heavy atom. The average molecular weight is 248 g/mol. The van der Waals surface area contributed by atoms with Crippen molar-refractivity contribution in [2.24, 2.45) is 5.92 Å². The largest absolute Gasteiger partial charge is 0.294 e. The summed E-state index contributed by atoms with van der Waals surface area (Å²) in [5, 5.41) is 2.06. The topological polar surface area (TPSA) is 83.6 Å². The van der Waals surface area contributed by atoms with Crippen LogP contribution in [-0.2, 0) is 19.6 Å². The Morgan fingerprint density at radius 2 is 1.75 bits per heavy atom. The van der Waals surface area contributed by atoms with Gasteiger partial charge < -0.3 is 0 Å². The van der Waals surface area contributed by atoms with E-state index in [9.17, 15) is 18.0 Å². The molecule has 1 aliphatic heterocycles. The number of imide groups is 1. The molecule has 0 bridgehead atoms. The Hall–Kier alpha value is -0.950. The summed E-state index contributed by atoms with van der Waals surface area (Å²) in [5.41, 5.74) is 0. The standard InChI is InChI=1S/C9H16N2O4S/c1-7(2)3-4-16(14,15)11-5-8(12)10-9(13)6-11/h7H,3-6H2,1-2H3,(H,10,12,13). The van der Waals surface area contributed by atoms with Crippen molar-refractivity contribution in [1.82, 2.24) is 9.62 Å². The molecule has 1 heterocycles. The van der Waals surface area contributed by atoms with Gasteiger partial charge in [-0.15, -0.1) is 0 Å². The van der Waals surface area contributed by atoms with Crippen LogP contribution in [0.4, 0.5) is 0 Å². The molecule has 0 spiro atoms. The minimum atomic E-state index is -3.49. The summed E-state index contributed by atoms with van der Waals surface area (Å²) in [5.74, 6) is -0.886. The van der Waals surface area contributed by atoms with E-state index in [-0.39, 0.29) is 24.8 Å². The lowest BCUT2D eigenvalue weighted by molar-refractivity contribution is -0.134. The molecule has 92 valence electrons. The second kappa shape index (κ2) is 4.92. The minimum Gasteiger partial charge on any atom is -0.294 e. The number of amides is 2. The summed E-state index contributed by atoms with van der Waals surface area (Å²) in [7, 11) is -3.49. The van der Waals surface area contributed by atoms with E-state index in [4.69, 9.17) is 0 Å². The van der Waals surface area contributed by atoms with E-state index in [0.717, 1.165) is 4.31 Å². The van der Waals surface area contributed by atoms with Gasteiger partial charge in [-0.1, -0.05) is 13.8 Å². The van der Waals surface area contributed by atoms with E-state index >= 15 is 0 Å².